The lowest BCUT2D eigenvalue weighted by Gasteiger charge is -1.92. The highest BCUT2D eigenvalue weighted by atomic mass is 16.3. The molecule has 0 aliphatic heterocycles. The monoisotopic (exact) mass is 217 g/mol. The van der Waals surface area contributed by atoms with Gasteiger partial charge in [-0.2, -0.15) is 0 Å². The maximum absolute atomic E-state index is 5.54. The molecule has 0 amide bonds. The van der Waals surface area contributed by atoms with Crippen molar-refractivity contribution in [2.24, 2.45) is 7.05 Å². The minimum atomic E-state index is 0.426. The van der Waals surface area contributed by atoms with Gasteiger partial charge < -0.3 is 14.7 Å². The minimum absolute atomic E-state index is 0.426. The van der Waals surface area contributed by atoms with Crippen molar-refractivity contribution in [3.05, 3.63) is 37.3 Å². The van der Waals surface area contributed by atoms with Crippen molar-refractivity contribution >= 4 is 17.0 Å². The van der Waals surface area contributed by atoms with E-state index in [1.807, 2.05) is 19.2 Å². The first-order valence-corrected chi connectivity index (χ1v) is 4.63. The molecule has 0 aliphatic rings. The van der Waals surface area contributed by atoms with Crippen molar-refractivity contribution in [1.29, 1.82) is 0 Å². The molecule has 0 bridgehead atoms. The Hall–Kier alpha value is -2.37. The molecule has 3 rings (SSSR count). The maximum Gasteiger partial charge on any atom is 0.165 e. The highest BCUT2D eigenvalue weighted by Gasteiger charge is 2.03. The van der Waals surface area contributed by atoms with Gasteiger partial charge in [-0.25, -0.2) is 15.0 Å². The first-order chi connectivity index (χ1) is 7.79. The fraction of sp³-hybridized carbons (Fsp3) is 0.100. The van der Waals surface area contributed by atoms with E-state index in [1.165, 1.54) is 6.33 Å². The molecule has 82 valence electrons. The molecule has 0 fully saturated rings. The van der Waals surface area contributed by atoms with Crippen molar-refractivity contribution < 1.29 is 4.42 Å². The van der Waals surface area contributed by atoms with E-state index in [-0.39, 0.29) is 0 Å². The largest absolute Gasteiger partial charge is 0.473 e. The number of hydrogen-bond donors (Lipinski definition) is 1. The van der Waals surface area contributed by atoms with E-state index in [0.717, 1.165) is 5.65 Å². The van der Waals surface area contributed by atoms with Crippen molar-refractivity contribution in [2.75, 3.05) is 5.73 Å². The number of nitrogen functional groups attached to an aromatic ring is 1. The summed E-state index contributed by atoms with van der Waals surface area (Å²) in [5, 5.41) is 0. The number of imidazole rings is 1. The lowest BCUT2D eigenvalue weighted by molar-refractivity contribution is 0.567. The third-order valence-corrected chi connectivity index (χ3v) is 1.95. The van der Waals surface area contributed by atoms with Crippen LogP contribution in [-0.2, 0) is 7.05 Å². The van der Waals surface area contributed by atoms with Crippen LogP contribution in [0.15, 0.2) is 41.7 Å². The van der Waals surface area contributed by atoms with Crippen LogP contribution in [0.3, 0.4) is 0 Å². The van der Waals surface area contributed by atoms with Gasteiger partial charge in [0, 0.05) is 7.05 Å². The third-order valence-electron chi connectivity index (χ3n) is 1.95. The van der Waals surface area contributed by atoms with Crippen LogP contribution in [0.4, 0.5) is 5.82 Å². The van der Waals surface area contributed by atoms with Crippen LogP contribution in [0.5, 0.6) is 0 Å². The van der Waals surface area contributed by atoms with Gasteiger partial charge >= 0.3 is 0 Å². The van der Waals surface area contributed by atoms with Crippen LogP contribution in [-0.4, -0.2) is 19.5 Å². The zero-order valence-corrected chi connectivity index (χ0v) is 8.74. The molecule has 6 nitrogen and oxygen atoms in total. The number of fused-ring (bicyclic) bond motifs is 1. The second-order valence-electron chi connectivity index (χ2n) is 3.08. The Morgan fingerprint density at radius 1 is 1.19 bits per heavy atom. The summed E-state index contributed by atoms with van der Waals surface area (Å²) < 4.78 is 6.38. The Labute approximate surface area is 91.8 Å². The van der Waals surface area contributed by atoms with Crippen LogP contribution in [0.2, 0.25) is 0 Å². The molecule has 0 aromatic carbocycles. The molecular formula is C10H11N5O. The van der Waals surface area contributed by atoms with E-state index < -0.39 is 0 Å². The summed E-state index contributed by atoms with van der Waals surface area (Å²) in [7, 11) is 1.86. The SMILES string of the molecule is Cn1cnc2c(N)ncnc21.c1ccoc1. The summed E-state index contributed by atoms with van der Waals surface area (Å²) in [5.41, 5.74) is 6.97. The lowest BCUT2D eigenvalue weighted by Crippen LogP contribution is -1.94. The molecule has 0 saturated carbocycles. The summed E-state index contributed by atoms with van der Waals surface area (Å²) in [5.74, 6) is 0.426. The van der Waals surface area contributed by atoms with Gasteiger partial charge in [0.05, 0.1) is 18.9 Å². The Balaban J connectivity index is 0.000000162. The second-order valence-corrected chi connectivity index (χ2v) is 3.08. The molecule has 6 heteroatoms. The van der Waals surface area contributed by atoms with Crippen LogP contribution in [0.1, 0.15) is 0 Å². The average Bonchev–Trinajstić information content (AvgIpc) is 2.93. The number of rotatable bonds is 0. The van der Waals surface area contributed by atoms with Crippen LogP contribution >= 0.6 is 0 Å². The molecule has 0 unspecified atom stereocenters. The van der Waals surface area contributed by atoms with Gasteiger partial charge in [-0.05, 0) is 12.1 Å². The van der Waals surface area contributed by atoms with Crippen molar-refractivity contribution in [1.82, 2.24) is 19.5 Å². The molecule has 3 aromatic rings. The van der Waals surface area contributed by atoms with Crippen molar-refractivity contribution in [3.8, 4) is 0 Å². The Bertz CT molecular complexity index is 540. The fourth-order valence-electron chi connectivity index (χ4n) is 1.19. The van der Waals surface area contributed by atoms with Gasteiger partial charge in [0.2, 0.25) is 0 Å². The predicted octanol–water partition coefficient (Wildman–Crippen LogP) is 1.23. The van der Waals surface area contributed by atoms with Gasteiger partial charge in [-0.15, -0.1) is 0 Å². The molecule has 3 heterocycles. The first-order valence-electron chi connectivity index (χ1n) is 4.63. The number of nitrogens with two attached hydrogens (primary N) is 1. The number of aryl methyl sites for hydroxylation is 1. The van der Waals surface area contributed by atoms with Crippen LogP contribution < -0.4 is 5.73 Å². The molecule has 0 saturated heterocycles. The minimum Gasteiger partial charge on any atom is -0.473 e. The van der Waals surface area contributed by atoms with E-state index in [0.29, 0.717) is 11.3 Å². The zero-order chi connectivity index (χ0) is 11.4. The first kappa shape index (κ1) is 10.2. The lowest BCUT2D eigenvalue weighted by atomic mass is 10.5. The second kappa shape index (κ2) is 4.43. The number of nitrogens with zero attached hydrogens (tertiary/aromatic N) is 4. The molecule has 0 radical (unpaired) electrons. The molecular weight excluding hydrogens is 206 g/mol. The van der Waals surface area contributed by atoms with E-state index in [1.54, 1.807) is 23.4 Å². The molecule has 0 spiro atoms. The van der Waals surface area contributed by atoms with Gasteiger partial charge in [-0.3, -0.25) is 0 Å². The highest BCUT2D eigenvalue weighted by molar-refractivity contribution is 5.80. The number of hydrogen-bond acceptors (Lipinski definition) is 5. The van der Waals surface area contributed by atoms with Crippen LogP contribution in [0, 0.1) is 0 Å². The molecule has 3 aromatic heterocycles. The van der Waals surface area contributed by atoms with Crippen LogP contribution in [0.25, 0.3) is 11.2 Å². The zero-order valence-electron chi connectivity index (χ0n) is 8.74. The van der Waals surface area contributed by atoms with Gasteiger partial charge in [0.15, 0.2) is 11.5 Å². The molecule has 0 atom stereocenters. The smallest absolute Gasteiger partial charge is 0.165 e. The molecule has 16 heavy (non-hydrogen) atoms. The maximum atomic E-state index is 5.54. The Morgan fingerprint density at radius 3 is 2.50 bits per heavy atom. The van der Waals surface area contributed by atoms with Gasteiger partial charge in [0.25, 0.3) is 0 Å². The molecule has 2 N–H and O–H groups in total. The van der Waals surface area contributed by atoms with Crippen molar-refractivity contribution in [2.45, 2.75) is 0 Å². The summed E-state index contributed by atoms with van der Waals surface area (Å²) in [6, 6.07) is 3.67. The number of aromatic nitrogens is 4. The third kappa shape index (κ3) is 2.00. The fourth-order valence-corrected chi connectivity index (χ4v) is 1.19. The van der Waals surface area contributed by atoms with E-state index >= 15 is 0 Å². The van der Waals surface area contributed by atoms with Gasteiger partial charge in [0.1, 0.15) is 11.8 Å². The highest BCUT2D eigenvalue weighted by Crippen LogP contribution is 2.11. The topological polar surface area (TPSA) is 82.8 Å². The summed E-state index contributed by atoms with van der Waals surface area (Å²) in [6.45, 7) is 0. The van der Waals surface area contributed by atoms with E-state index in [2.05, 4.69) is 19.4 Å². The average molecular weight is 217 g/mol. The summed E-state index contributed by atoms with van der Waals surface area (Å²) in [6.07, 6.45) is 6.34. The summed E-state index contributed by atoms with van der Waals surface area (Å²) >= 11 is 0. The summed E-state index contributed by atoms with van der Waals surface area (Å²) in [4.78, 5) is 11.9. The standard InChI is InChI=1S/C6H7N5.C4H4O/c1-11-3-10-4-5(7)8-2-9-6(4)11;1-2-4-5-3-1/h2-3H,1H3,(H2,7,8,9);1-4H. The number of anilines is 1. The quantitative estimate of drug-likeness (QED) is 0.612. The van der Waals surface area contributed by atoms with E-state index in [9.17, 15) is 0 Å². The Kier molecular flexibility index (Phi) is 2.81. The normalized spacial score (nSPS) is 9.81. The van der Waals surface area contributed by atoms with Gasteiger partial charge in [-0.1, -0.05) is 0 Å². The molecule has 0 aliphatic carbocycles. The van der Waals surface area contributed by atoms with E-state index in [4.69, 9.17) is 5.73 Å². The predicted molar refractivity (Wildman–Crippen MR) is 59.4 cm³/mol. The number of furan rings is 1. The Morgan fingerprint density at radius 2 is 1.94 bits per heavy atom. The van der Waals surface area contributed by atoms with Crippen molar-refractivity contribution in [3.63, 3.8) is 0 Å².